The smallest absolute Gasteiger partial charge is 0.242 e. The van der Waals surface area contributed by atoms with Crippen LogP contribution in [0.15, 0.2) is 17.0 Å². The van der Waals surface area contributed by atoms with Gasteiger partial charge in [-0.05, 0) is 31.8 Å². The second kappa shape index (κ2) is 4.77. The molecule has 0 bridgehead atoms. The summed E-state index contributed by atoms with van der Waals surface area (Å²) in [4.78, 5) is -0.183. The van der Waals surface area contributed by atoms with Gasteiger partial charge in [-0.15, -0.1) is 0 Å². The maximum atomic E-state index is 11.4. The van der Waals surface area contributed by atoms with Crippen LogP contribution in [-0.2, 0) is 10.0 Å². The minimum absolute atomic E-state index is 0.0812. The third kappa shape index (κ3) is 4.15. The van der Waals surface area contributed by atoms with Crippen molar-refractivity contribution in [3.05, 3.63) is 22.2 Å². The highest BCUT2D eigenvalue weighted by Gasteiger charge is 2.25. The van der Waals surface area contributed by atoms with E-state index in [1.54, 1.807) is 0 Å². The largest absolute Gasteiger partial charge is 0.542 e. The number of rotatable bonds is 3. The first-order chi connectivity index (χ1) is 7.50. The van der Waals surface area contributed by atoms with Crippen LogP contribution in [0.1, 0.15) is 0 Å². The summed E-state index contributed by atoms with van der Waals surface area (Å²) >= 11 is 11.7. The Morgan fingerprint density at radius 2 is 1.76 bits per heavy atom. The standard InChI is InChI=1S/C9H13Cl2NO3SSi/c1-17(2,3)15-9-7(11)4-6(10)5-8(9)16(12,13)14/h4-5H,1-3H3,(H2,12,13,14). The van der Waals surface area contributed by atoms with Crippen molar-refractivity contribution in [3.63, 3.8) is 0 Å². The number of benzene rings is 1. The van der Waals surface area contributed by atoms with Crippen molar-refractivity contribution in [3.8, 4) is 5.75 Å². The summed E-state index contributed by atoms with van der Waals surface area (Å²) in [5.41, 5.74) is 0. The van der Waals surface area contributed by atoms with Crippen molar-refractivity contribution in [2.75, 3.05) is 0 Å². The zero-order valence-corrected chi connectivity index (χ0v) is 12.9. The first kappa shape index (κ1) is 14.8. The Morgan fingerprint density at radius 1 is 1.24 bits per heavy atom. The van der Waals surface area contributed by atoms with E-state index in [0.29, 0.717) is 0 Å². The molecule has 0 fully saturated rings. The van der Waals surface area contributed by atoms with Crippen LogP contribution in [-0.4, -0.2) is 16.7 Å². The van der Waals surface area contributed by atoms with E-state index in [-0.39, 0.29) is 20.7 Å². The van der Waals surface area contributed by atoms with Crippen LogP contribution in [0.25, 0.3) is 0 Å². The van der Waals surface area contributed by atoms with Gasteiger partial charge in [-0.2, -0.15) is 0 Å². The average Bonchev–Trinajstić information content (AvgIpc) is 2.05. The summed E-state index contributed by atoms with van der Waals surface area (Å²) in [7, 11) is -5.93. The Labute approximate surface area is 112 Å². The first-order valence-corrected chi connectivity index (χ1v) is 10.4. The van der Waals surface area contributed by atoms with Crippen molar-refractivity contribution in [1.82, 2.24) is 0 Å². The Kier molecular flexibility index (Phi) is 4.15. The third-order valence-corrected chi connectivity index (χ3v) is 3.92. The third-order valence-electron chi connectivity index (χ3n) is 1.69. The van der Waals surface area contributed by atoms with Gasteiger partial charge in [0.05, 0.1) is 5.02 Å². The van der Waals surface area contributed by atoms with Gasteiger partial charge in [0.2, 0.25) is 18.3 Å². The number of sulfonamides is 1. The molecule has 0 aliphatic heterocycles. The highest BCUT2D eigenvalue weighted by Crippen LogP contribution is 2.36. The first-order valence-electron chi connectivity index (χ1n) is 4.71. The molecule has 0 spiro atoms. The molecule has 0 saturated heterocycles. The molecule has 4 nitrogen and oxygen atoms in total. The van der Waals surface area contributed by atoms with Crippen LogP contribution < -0.4 is 9.56 Å². The SMILES string of the molecule is C[Si](C)(C)Oc1c(Cl)cc(Cl)cc1S(N)(=O)=O. The molecule has 8 heteroatoms. The Hall–Kier alpha value is -0.273. The zero-order valence-electron chi connectivity index (χ0n) is 9.62. The fourth-order valence-corrected chi connectivity index (χ4v) is 3.48. The summed E-state index contributed by atoms with van der Waals surface area (Å²) < 4.78 is 28.5. The molecule has 0 amide bonds. The van der Waals surface area contributed by atoms with Gasteiger partial charge in [0.25, 0.3) is 0 Å². The number of primary sulfonamides is 1. The summed E-state index contributed by atoms with van der Waals surface area (Å²) in [6.07, 6.45) is 0. The molecular weight excluding hydrogens is 301 g/mol. The second-order valence-corrected chi connectivity index (χ2v) is 11.3. The van der Waals surface area contributed by atoms with E-state index in [1.165, 1.54) is 12.1 Å². The van der Waals surface area contributed by atoms with Gasteiger partial charge in [0, 0.05) is 5.02 Å². The maximum Gasteiger partial charge on any atom is 0.242 e. The molecule has 1 aromatic carbocycles. The lowest BCUT2D eigenvalue weighted by Gasteiger charge is -2.22. The van der Waals surface area contributed by atoms with Gasteiger partial charge in [0.1, 0.15) is 10.6 Å². The van der Waals surface area contributed by atoms with Crippen molar-refractivity contribution in [2.45, 2.75) is 24.5 Å². The summed E-state index contributed by atoms with van der Waals surface area (Å²) in [6, 6.07) is 2.66. The maximum absolute atomic E-state index is 11.4. The van der Waals surface area contributed by atoms with Crippen LogP contribution in [0.4, 0.5) is 0 Å². The van der Waals surface area contributed by atoms with Crippen molar-refractivity contribution >= 4 is 41.5 Å². The highest BCUT2D eigenvalue weighted by molar-refractivity contribution is 7.89. The molecule has 0 saturated carbocycles. The van der Waals surface area contributed by atoms with E-state index < -0.39 is 18.3 Å². The summed E-state index contributed by atoms with van der Waals surface area (Å²) in [5.74, 6) is 0.0812. The van der Waals surface area contributed by atoms with Gasteiger partial charge < -0.3 is 4.43 Å². The fourth-order valence-electron chi connectivity index (χ4n) is 1.15. The molecule has 1 rings (SSSR count). The van der Waals surface area contributed by atoms with Gasteiger partial charge in [0.15, 0.2) is 0 Å². The Morgan fingerprint density at radius 3 is 2.18 bits per heavy atom. The molecule has 0 atom stereocenters. The van der Waals surface area contributed by atoms with E-state index >= 15 is 0 Å². The minimum Gasteiger partial charge on any atom is -0.542 e. The molecule has 0 aliphatic carbocycles. The molecule has 96 valence electrons. The number of halogens is 2. The number of hydrogen-bond donors (Lipinski definition) is 1. The molecular formula is C9H13Cl2NO3SSi. The predicted molar refractivity (Wildman–Crippen MR) is 71.8 cm³/mol. The molecule has 17 heavy (non-hydrogen) atoms. The molecule has 0 aromatic heterocycles. The topological polar surface area (TPSA) is 69.4 Å². The van der Waals surface area contributed by atoms with E-state index in [2.05, 4.69) is 0 Å². The quantitative estimate of drug-likeness (QED) is 0.872. The van der Waals surface area contributed by atoms with E-state index in [9.17, 15) is 8.42 Å². The van der Waals surface area contributed by atoms with E-state index in [4.69, 9.17) is 32.8 Å². The molecule has 1 aromatic rings. The van der Waals surface area contributed by atoms with Crippen LogP contribution >= 0.6 is 23.2 Å². The Balaban J connectivity index is 3.47. The highest BCUT2D eigenvalue weighted by atomic mass is 35.5. The van der Waals surface area contributed by atoms with E-state index in [0.717, 1.165) is 0 Å². The van der Waals surface area contributed by atoms with Gasteiger partial charge in [-0.25, -0.2) is 13.6 Å². The lowest BCUT2D eigenvalue weighted by molar-refractivity contribution is 0.535. The lowest BCUT2D eigenvalue weighted by Crippen LogP contribution is -2.30. The van der Waals surface area contributed by atoms with Gasteiger partial charge >= 0.3 is 0 Å². The molecule has 0 unspecified atom stereocenters. The summed E-state index contributed by atoms with van der Waals surface area (Å²) in [5, 5.41) is 5.44. The normalized spacial score (nSPS) is 12.6. The van der Waals surface area contributed by atoms with Gasteiger partial charge in [-0.3, -0.25) is 0 Å². The van der Waals surface area contributed by atoms with E-state index in [1.807, 2.05) is 19.6 Å². The molecule has 0 heterocycles. The van der Waals surface area contributed by atoms with Crippen molar-refractivity contribution in [1.29, 1.82) is 0 Å². The van der Waals surface area contributed by atoms with Crippen molar-refractivity contribution < 1.29 is 12.8 Å². The fraction of sp³-hybridized carbons (Fsp3) is 0.333. The van der Waals surface area contributed by atoms with Crippen LogP contribution in [0.5, 0.6) is 5.75 Å². The minimum atomic E-state index is -3.92. The number of hydrogen-bond acceptors (Lipinski definition) is 3. The van der Waals surface area contributed by atoms with Crippen molar-refractivity contribution in [2.24, 2.45) is 5.14 Å². The predicted octanol–water partition coefficient (Wildman–Crippen LogP) is 2.85. The Bertz CT molecular complexity index is 540. The van der Waals surface area contributed by atoms with Crippen LogP contribution in [0.3, 0.4) is 0 Å². The lowest BCUT2D eigenvalue weighted by atomic mass is 10.3. The van der Waals surface area contributed by atoms with Crippen LogP contribution in [0.2, 0.25) is 29.7 Å². The molecule has 0 aliphatic rings. The zero-order chi connectivity index (χ0) is 13.4. The monoisotopic (exact) mass is 313 g/mol. The average molecular weight is 314 g/mol. The van der Waals surface area contributed by atoms with Gasteiger partial charge in [-0.1, -0.05) is 23.2 Å². The molecule has 2 N–H and O–H groups in total. The second-order valence-electron chi connectivity index (χ2n) is 4.47. The van der Waals surface area contributed by atoms with Crippen LogP contribution in [0, 0.1) is 0 Å². The number of nitrogens with two attached hydrogens (primary N) is 1. The summed E-state index contributed by atoms with van der Waals surface area (Å²) in [6.45, 7) is 5.72. The molecule has 0 radical (unpaired) electrons.